The lowest BCUT2D eigenvalue weighted by Gasteiger charge is -2.33. The normalized spacial score (nSPS) is 18.6. The lowest BCUT2D eigenvalue weighted by Crippen LogP contribution is -2.27. The molecule has 0 saturated carbocycles. The summed E-state index contributed by atoms with van der Waals surface area (Å²) in [7, 11) is 0. The molecule has 0 spiro atoms. The third-order valence-electron chi connectivity index (χ3n) is 5.40. The van der Waals surface area contributed by atoms with Crippen molar-refractivity contribution < 1.29 is 14.3 Å². The highest BCUT2D eigenvalue weighted by atomic mass is 32.1. The second-order valence-corrected chi connectivity index (χ2v) is 9.13. The standard InChI is InChI=1S/C21H24N2O3S/c1-21(2,3)14-5-6-15-16(11-27-19(15)9-14)20(24)23-22-10-13-4-7-17-18(8-13)26-12-25-17/h4,7-8,10-11,14H,5-6,9,12H2,1-3H3,(H,23,24)/b22-10+. The molecule has 1 aliphatic heterocycles. The molecule has 2 aromatic rings. The quantitative estimate of drug-likeness (QED) is 0.631. The van der Waals surface area contributed by atoms with Crippen LogP contribution in [0.1, 0.15) is 53.6 Å². The van der Waals surface area contributed by atoms with Crippen LogP contribution in [0.25, 0.3) is 0 Å². The Labute approximate surface area is 163 Å². The smallest absolute Gasteiger partial charge is 0.272 e. The minimum Gasteiger partial charge on any atom is -0.454 e. The van der Waals surface area contributed by atoms with Crippen LogP contribution in [0.3, 0.4) is 0 Å². The summed E-state index contributed by atoms with van der Waals surface area (Å²) in [4.78, 5) is 13.9. The Bertz CT molecular complexity index is 895. The number of hydrazone groups is 1. The minimum atomic E-state index is -0.140. The number of thiophene rings is 1. The highest BCUT2D eigenvalue weighted by Crippen LogP contribution is 2.40. The number of carbonyl (C=O) groups is 1. The summed E-state index contributed by atoms with van der Waals surface area (Å²) in [5, 5.41) is 6.08. The number of fused-ring (bicyclic) bond motifs is 2. The van der Waals surface area contributed by atoms with Crippen molar-refractivity contribution in [2.24, 2.45) is 16.4 Å². The molecule has 1 aliphatic carbocycles. The van der Waals surface area contributed by atoms with Gasteiger partial charge < -0.3 is 9.47 Å². The first-order chi connectivity index (χ1) is 12.9. The molecule has 6 heteroatoms. The van der Waals surface area contributed by atoms with E-state index in [-0.39, 0.29) is 12.7 Å². The summed E-state index contributed by atoms with van der Waals surface area (Å²) in [5.74, 6) is 1.96. The average Bonchev–Trinajstić information content (AvgIpc) is 3.26. The van der Waals surface area contributed by atoms with Gasteiger partial charge in [0.15, 0.2) is 11.5 Å². The maximum absolute atomic E-state index is 12.6. The molecule has 1 atom stereocenters. The first kappa shape index (κ1) is 18.0. The number of carbonyl (C=O) groups excluding carboxylic acids is 1. The van der Waals surface area contributed by atoms with Gasteiger partial charge >= 0.3 is 0 Å². The van der Waals surface area contributed by atoms with Crippen molar-refractivity contribution >= 4 is 23.5 Å². The highest BCUT2D eigenvalue weighted by molar-refractivity contribution is 7.10. The van der Waals surface area contributed by atoms with Gasteiger partial charge in [-0.05, 0) is 59.9 Å². The van der Waals surface area contributed by atoms with Crippen molar-refractivity contribution in [3.05, 3.63) is 45.1 Å². The number of ether oxygens (including phenoxy) is 2. The molecule has 1 amide bonds. The third kappa shape index (κ3) is 3.72. The van der Waals surface area contributed by atoms with Crippen LogP contribution in [0.15, 0.2) is 28.7 Å². The molecule has 0 radical (unpaired) electrons. The van der Waals surface area contributed by atoms with Crippen LogP contribution in [0.4, 0.5) is 0 Å². The second kappa shape index (κ2) is 7.00. The second-order valence-electron chi connectivity index (χ2n) is 8.17. The van der Waals surface area contributed by atoms with Crippen LogP contribution in [-0.2, 0) is 12.8 Å². The van der Waals surface area contributed by atoms with E-state index in [9.17, 15) is 4.79 Å². The Hall–Kier alpha value is -2.34. The fourth-order valence-corrected chi connectivity index (χ4v) is 4.82. The Morgan fingerprint density at radius 1 is 1.30 bits per heavy atom. The Kier molecular flexibility index (Phi) is 4.68. The Morgan fingerprint density at radius 2 is 2.11 bits per heavy atom. The molecule has 0 bridgehead atoms. The van der Waals surface area contributed by atoms with Crippen LogP contribution in [0, 0.1) is 11.3 Å². The van der Waals surface area contributed by atoms with Crippen molar-refractivity contribution in [1.82, 2.24) is 5.43 Å². The number of hydrogen-bond acceptors (Lipinski definition) is 5. The summed E-state index contributed by atoms with van der Waals surface area (Å²) < 4.78 is 10.6. The van der Waals surface area contributed by atoms with Gasteiger partial charge in [0.05, 0.1) is 11.8 Å². The summed E-state index contributed by atoms with van der Waals surface area (Å²) in [6.07, 6.45) is 4.79. The minimum absolute atomic E-state index is 0.140. The zero-order chi connectivity index (χ0) is 19.0. The van der Waals surface area contributed by atoms with Gasteiger partial charge in [-0.25, -0.2) is 5.43 Å². The van der Waals surface area contributed by atoms with Crippen molar-refractivity contribution in [3.8, 4) is 11.5 Å². The molecule has 142 valence electrons. The molecule has 0 fully saturated rings. The molecule has 1 unspecified atom stereocenters. The molecule has 4 rings (SSSR count). The molecular weight excluding hydrogens is 360 g/mol. The van der Waals surface area contributed by atoms with E-state index >= 15 is 0 Å². The molecular formula is C21H24N2O3S. The third-order valence-corrected chi connectivity index (χ3v) is 6.45. The molecule has 2 aliphatic rings. The fourth-order valence-electron chi connectivity index (χ4n) is 3.66. The summed E-state index contributed by atoms with van der Waals surface area (Å²) >= 11 is 1.70. The van der Waals surface area contributed by atoms with Gasteiger partial charge in [-0.15, -0.1) is 11.3 Å². The van der Waals surface area contributed by atoms with E-state index in [0.717, 1.165) is 36.1 Å². The maximum Gasteiger partial charge on any atom is 0.272 e. The predicted octanol–water partition coefficient (Wildman–Crippen LogP) is 4.39. The molecule has 5 nitrogen and oxygen atoms in total. The number of amides is 1. The van der Waals surface area contributed by atoms with E-state index in [0.29, 0.717) is 17.1 Å². The van der Waals surface area contributed by atoms with Crippen molar-refractivity contribution in [2.45, 2.75) is 40.0 Å². The lowest BCUT2D eigenvalue weighted by atomic mass is 9.72. The number of hydrogen-bond donors (Lipinski definition) is 1. The first-order valence-corrected chi connectivity index (χ1v) is 10.1. The molecule has 1 aromatic heterocycles. The largest absolute Gasteiger partial charge is 0.454 e. The Balaban J connectivity index is 1.42. The first-order valence-electron chi connectivity index (χ1n) is 9.24. The zero-order valence-electron chi connectivity index (χ0n) is 15.9. The summed E-state index contributed by atoms with van der Waals surface area (Å²) in [6, 6.07) is 5.56. The van der Waals surface area contributed by atoms with Gasteiger partial charge in [0.25, 0.3) is 5.91 Å². The number of benzene rings is 1. The zero-order valence-corrected chi connectivity index (χ0v) is 16.7. The van der Waals surface area contributed by atoms with Crippen LogP contribution >= 0.6 is 11.3 Å². The van der Waals surface area contributed by atoms with Gasteiger partial charge in [0.2, 0.25) is 6.79 Å². The number of nitrogens with one attached hydrogen (secondary N) is 1. The van der Waals surface area contributed by atoms with Crippen LogP contribution in [-0.4, -0.2) is 18.9 Å². The van der Waals surface area contributed by atoms with Gasteiger partial charge in [0.1, 0.15) is 0 Å². The fraction of sp³-hybridized carbons (Fsp3) is 0.429. The molecule has 0 saturated heterocycles. The highest BCUT2D eigenvalue weighted by Gasteiger charge is 2.31. The van der Waals surface area contributed by atoms with E-state index in [1.807, 2.05) is 23.6 Å². The maximum atomic E-state index is 12.6. The Morgan fingerprint density at radius 3 is 2.93 bits per heavy atom. The number of nitrogens with zero attached hydrogens (tertiary/aromatic N) is 1. The van der Waals surface area contributed by atoms with Crippen molar-refractivity contribution in [3.63, 3.8) is 0 Å². The van der Waals surface area contributed by atoms with E-state index in [2.05, 4.69) is 31.3 Å². The van der Waals surface area contributed by atoms with Gasteiger partial charge in [-0.3, -0.25) is 4.79 Å². The summed E-state index contributed by atoms with van der Waals surface area (Å²) in [5.41, 5.74) is 5.78. The lowest BCUT2D eigenvalue weighted by molar-refractivity contribution is 0.0954. The monoisotopic (exact) mass is 384 g/mol. The SMILES string of the molecule is CC(C)(C)C1CCc2c(C(=O)N/N=C/c3ccc4c(c3)OCO4)csc2C1. The summed E-state index contributed by atoms with van der Waals surface area (Å²) in [6.45, 7) is 7.14. The van der Waals surface area contributed by atoms with Gasteiger partial charge in [-0.2, -0.15) is 5.10 Å². The van der Waals surface area contributed by atoms with Crippen LogP contribution < -0.4 is 14.9 Å². The van der Waals surface area contributed by atoms with Crippen molar-refractivity contribution in [1.29, 1.82) is 0 Å². The molecule has 1 aromatic carbocycles. The average molecular weight is 385 g/mol. The van der Waals surface area contributed by atoms with Gasteiger partial charge in [-0.1, -0.05) is 20.8 Å². The van der Waals surface area contributed by atoms with E-state index < -0.39 is 0 Å². The molecule has 27 heavy (non-hydrogen) atoms. The van der Waals surface area contributed by atoms with E-state index in [1.54, 1.807) is 17.6 Å². The van der Waals surface area contributed by atoms with E-state index in [1.165, 1.54) is 10.4 Å². The number of rotatable bonds is 3. The van der Waals surface area contributed by atoms with E-state index in [4.69, 9.17) is 9.47 Å². The van der Waals surface area contributed by atoms with Crippen LogP contribution in [0.2, 0.25) is 0 Å². The molecule has 2 heterocycles. The topological polar surface area (TPSA) is 59.9 Å². The van der Waals surface area contributed by atoms with Crippen molar-refractivity contribution in [2.75, 3.05) is 6.79 Å². The molecule has 1 N–H and O–H groups in total. The van der Waals surface area contributed by atoms with Crippen LogP contribution in [0.5, 0.6) is 11.5 Å². The predicted molar refractivity (Wildman–Crippen MR) is 107 cm³/mol. The van der Waals surface area contributed by atoms with Gasteiger partial charge in [0, 0.05) is 10.3 Å².